The summed E-state index contributed by atoms with van der Waals surface area (Å²) in [6, 6.07) is 8.11. The van der Waals surface area contributed by atoms with Crippen molar-refractivity contribution in [2.75, 3.05) is 32.9 Å². The average molecular weight is 555 g/mol. The second-order valence-electron chi connectivity index (χ2n) is 9.80. The number of pyridine rings is 1. The van der Waals surface area contributed by atoms with Gasteiger partial charge in [-0.15, -0.1) is 12.3 Å². The monoisotopic (exact) mass is 554 g/mol. The van der Waals surface area contributed by atoms with Crippen LogP contribution in [0, 0.1) is 12.3 Å². The van der Waals surface area contributed by atoms with Crippen LogP contribution in [-0.4, -0.2) is 60.6 Å². The van der Waals surface area contributed by atoms with Crippen molar-refractivity contribution in [3.8, 4) is 18.2 Å². The Hall–Kier alpha value is -3.68. The van der Waals surface area contributed by atoms with Gasteiger partial charge in [0.05, 0.1) is 25.4 Å². The molecule has 2 aliphatic rings. The minimum atomic E-state index is -4.55. The maximum atomic E-state index is 13.3. The van der Waals surface area contributed by atoms with Crippen molar-refractivity contribution >= 4 is 17.7 Å². The lowest BCUT2D eigenvalue weighted by Crippen LogP contribution is -2.65. The molecule has 0 radical (unpaired) electrons. The Morgan fingerprint density at radius 3 is 2.70 bits per heavy atom. The fourth-order valence-corrected chi connectivity index (χ4v) is 4.78. The first-order chi connectivity index (χ1) is 19.2. The number of unbranched alkanes of at least 4 members (excludes halogenated alkanes) is 3. The van der Waals surface area contributed by atoms with Gasteiger partial charge in [0.2, 0.25) is 5.88 Å². The van der Waals surface area contributed by atoms with Crippen LogP contribution in [0.5, 0.6) is 5.88 Å². The molecule has 2 aliphatic heterocycles. The molecule has 2 aromatic rings. The molecule has 1 aromatic heterocycles. The number of benzene rings is 1. The number of alkyl halides is 3. The Morgan fingerprint density at radius 2 is 2.00 bits per heavy atom. The van der Waals surface area contributed by atoms with E-state index in [1.165, 1.54) is 12.1 Å². The first-order valence-corrected chi connectivity index (χ1v) is 13.3. The number of amides is 1. The molecule has 10 heteroatoms. The van der Waals surface area contributed by atoms with Crippen LogP contribution in [0.2, 0.25) is 0 Å². The van der Waals surface area contributed by atoms with Gasteiger partial charge in [0, 0.05) is 55.7 Å². The molecule has 1 unspecified atom stereocenters. The summed E-state index contributed by atoms with van der Waals surface area (Å²) in [5.74, 6) is 2.52. The first kappa shape index (κ1) is 29.3. The van der Waals surface area contributed by atoms with Crippen LogP contribution in [0.4, 0.5) is 13.2 Å². The predicted molar refractivity (Wildman–Crippen MR) is 147 cm³/mol. The Labute approximate surface area is 232 Å². The van der Waals surface area contributed by atoms with Crippen LogP contribution >= 0.6 is 0 Å². The second-order valence-corrected chi connectivity index (χ2v) is 9.80. The number of aromatic nitrogens is 1. The zero-order chi connectivity index (χ0) is 28.6. The molecule has 1 saturated heterocycles. The summed E-state index contributed by atoms with van der Waals surface area (Å²) < 4.78 is 51.2. The maximum Gasteiger partial charge on any atom is 0.416 e. The summed E-state index contributed by atoms with van der Waals surface area (Å²) in [7, 11) is 0. The second kappa shape index (κ2) is 13.1. The van der Waals surface area contributed by atoms with Crippen LogP contribution < -0.4 is 10.1 Å². The highest BCUT2D eigenvalue weighted by Crippen LogP contribution is 2.35. The smallest absolute Gasteiger partial charge is 0.416 e. The van der Waals surface area contributed by atoms with Crippen molar-refractivity contribution in [2.24, 2.45) is 4.99 Å². The van der Waals surface area contributed by atoms with E-state index >= 15 is 0 Å². The number of aliphatic imine (C=N–C) groups is 1. The van der Waals surface area contributed by atoms with Gasteiger partial charge in [-0.05, 0) is 61.6 Å². The molecule has 0 aliphatic carbocycles. The van der Waals surface area contributed by atoms with E-state index in [1.807, 2.05) is 17.9 Å². The Kier molecular flexibility index (Phi) is 9.61. The van der Waals surface area contributed by atoms with E-state index in [4.69, 9.17) is 15.9 Å². The van der Waals surface area contributed by atoms with Gasteiger partial charge in [0.15, 0.2) is 0 Å². The number of carbonyl (C=O) groups excluding carboxylic acids is 1. The van der Waals surface area contributed by atoms with E-state index in [1.54, 1.807) is 18.5 Å². The summed E-state index contributed by atoms with van der Waals surface area (Å²) in [6.45, 7) is 4.39. The number of carbonyl (C=O) groups is 1. The largest absolute Gasteiger partial charge is 0.478 e. The predicted octanol–water partition coefficient (Wildman–Crippen LogP) is 5.34. The van der Waals surface area contributed by atoms with Gasteiger partial charge in [-0.25, -0.2) is 4.98 Å². The van der Waals surface area contributed by atoms with Gasteiger partial charge in [-0.2, -0.15) is 13.2 Å². The average Bonchev–Trinajstić information content (AvgIpc) is 2.96. The van der Waals surface area contributed by atoms with Crippen molar-refractivity contribution in [1.82, 2.24) is 15.2 Å². The summed E-state index contributed by atoms with van der Waals surface area (Å²) in [5, 5.41) is 3.00. The molecule has 4 rings (SSSR count). The van der Waals surface area contributed by atoms with E-state index in [0.29, 0.717) is 45.2 Å². The number of hydrogen-bond donors (Lipinski definition) is 1. The van der Waals surface area contributed by atoms with Crippen molar-refractivity contribution in [3.05, 3.63) is 65.0 Å². The summed E-state index contributed by atoms with van der Waals surface area (Å²) in [6.07, 6.45) is 8.07. The van der Waals surface area contributed by atoms with E-state index < -0.39 is 23.3 Å². The van der Waals surface area contributed by atoms with Crippen LogP contribution in [0.1, 0.15) is 60.5 Å². The lowest BCUT2D eigenvalue weighted by Gasteiger charge is -2.45. The highest BCUT2D eigenvalue weighted by molar-refractivity contribution is 5.98. The number of morpholine rings is 1. The minimum absolute atomic E-state index is 0.0776. The molecular formula is C30H33F3N4O3. The maximum absolute atomic E-state index is 13.3. The molecule has 0 bridgehead atoms. The molecule has 212 valence electrons. The molecule has 7 nitrogen and oxygen atoms in total. The normalized spacial score (nSPS) is 19.8. The zero-order valence-electron chi connectivity index (χ0n) is 22.5. The quantitative estimate of drug-likeness (QED) is 0.317. The third-order valence-corrected chi connectivity index (χ3v) is 7.01. The van der Waals surface area contributed by atoms with Gasteiger partial charge in [0.25, 0.3) is 5.91 Å². The molecule has 1 atom stereocenters. The third-order valence-electron chi connectivity index (χ3n) is 7.01. The SMILES string of the molecule is C#CCCCCCOc1ccc(C2=C(C)N=CC(NC(=O)c3cccc(C(F)(F)F)c3)(N3CCOCC3)C2)cn1. The van der Waals surface area contributed by atoms with E-state index in [0.717, 1.165) is 54.6 Å². The standard InChI is InChI=1S/C30H33F3N4O3/c1-3-4-5-6-7-15-40-27-12-11-24(20-34-27)26-19-29(21-35-22(26)2,37-13-16-39-17-14-37)36-28(38)23-9-8-10-25(18-23)30(31,32)33/h1,8-12,18,20-21H,4-7,13-17,19H2,2H3,(H,36,38). The van der Waals surface area contributed by atoms with E-state index in [2.05, 4.69) is 21.2 Å². The molecule has 3 heterocycles. The van der Waals surface area contributed by atoms with Gasteiger partial charge in [0.1, 0.15) is 5.66 Å². The molecule has 40 heavy (non-hydrogen) atoms. The number of allylic oxidation sites excluding steroid dienone is 1. The molecule has 1 N–H and O–H groups in total. The Bertz CT molecular complexity index is 1280. The molecule has 1 aromatic carbocycles. The number of terminal acetylenes is 1. The topological polar surface area (TPSA) is 76.0 Å². The van der Waals surface area contributed by atoms with Gasteiger partial charge < -0.3 is 14.8 Å². The molecule has 0 saturated carbocycles. The number of nitrogens with zero attached hydrogens (tertiary/aromatic N) is 3. The van der Waals surface area contributed by atoms with Gasteiger partial charge in [-0.3, -0.25) is 14.7 Å². The van der Waals surface area contributed by atoms with Crippen LogP contribution in [0.3, 0.4) is 0 Å². The van der Waals surface area contributed by atoms with E-state index in [-0.39, 0.29) is 5.56 Å². The molecule has 1 fully saturated rings. The van der Waals surface area contributed by atoms with Crippen LogP contribution in [0.25, 0.3) is 5.57 Å². The number of hydrogen-bond acceptors (Lipinski definition) is 6. The molecular weight excluding hydrogens is 521 g/mol. The summed E-state index contributed by atoms with van der Waals surface area (Å²) in [5.41, 5.74) is 0.438. The Balaban J connectivity index is 1.53. The number of rotatable bonds is 10. The Morgan fingerprint density at radius 1 is 1.20 bits per heavy atom. The van der Waals surface area contributed by atoms with Crippen LogP contribution in [0.15, 0.2) is 53.3 Å². The van der Waals surface area contributed by atoms with Gasteiger partial charge >= 0.3 is 6.18 Å². The van der Waals surface area contributed by atoms with E-state index in [9.17, 15) is 18.0 Å². The highest BCUT2D eigenvalue weighted by atomic mass is 19.4. The van der Waals surface area contributed by atoms with Crippen molar-refractivity contribution < 1.29 is 27.4 Å². The summed E-state index contributed by atoms with van der Waals surface area (Å²) >= 11 is 0. The fourth-order valence-electron chi connectivity index (χ4n) is 4.78. The number of halogens is 3. The molecule has 1 amide bonds. The number of nitrogens with one attached hydrogen (secondary N) is 1. The number of ether oxygens (including phenoxy) is 2. The third kappa shape index (κ3) is 7.29. The lowest BCUT2D eigenvalue weighted by molar-refractivity contribution is -0.137. The zero-order valence-corrected chi connectivity index (χ0v) is 22.5. The van der Waals surface area contributed by atoms with Crippen molar-refractivity contribution in [3.63, 3.8) is 0 Å². The van der Waals surface area contributed by atoms with Crippen LogP contribution in [-0.2, 0) is 10.9 Å². The minimum Gasteiger partial charge on any atom is -0.478 e. The van der Waals surface area contributed by atoms with Crippen molar-refractivity contribution in [1.29, 1.82) is 0 Å². The lowest BCUT2D eigenvalue weighted by atomic mass is 9.90. The van der Waals surface area contributed by atoms with Crippen molar-refractivity contribution in [2.45, 2.75) is 50.9 Å². The first-order valence-electron chi connectivity index (χ1n) is 13.3. The summed E-state index contributed by atoms with van der Waals surface area (Å²) in [4.78, 5) is 24.5. The highest BCUT2D eigenvalue weighted by Gasteiger charge is 2.41. The molecule has 0 spiro atoms. The van der Waals surface area contributed by atoms with Gasteiger partial charge in [-0.1, -0.05) is 6.07 Å². The fraction of sp³-hybridized carbons (Fsp3) is 0.433.